The van der Waals surface area contributed by atoms with E-state index in [0.717, 1.165) is 42.0 Å². The number of rotatable bonds is 7. The number of carbonyl (C=O) groups is 3. The minimum absolute atomic E-state index is 0.217. The van der Waals surface area contributed by atoms with Gasteiger partial charge in [0.05, 0.1) is 0 Å². The normalized spacial score (nSPS) is 11.8. The molecule has 0 atom stereocenters. The number of ether oxygens (including phenoxy) is 3. The summed E-state index contributed by atoms with van der Waals surface area (Å²) in [7, 11) is 0. The summed E-state index contributed by atoms with van der Waals surface area (Å²) in [6.45, 7) is 13.7. The van der Waals surface area contributed by atoms with Crippen LogP contribution in [0.5, 0.6) is 17.2 Å². The third-order valence-corrected chi connectivity index (χ3v) is 4.93. The zero-order valence-corrected chi connectivity index (χ0v) is 18.2. The summed E-state index contributed by atoms with van der Waals surface area (Å²) >= 11 is 0. The van der Waals surface area contributed by atoms with Crippen LogP contribution in [-0.4, -0.2) is 17.9 Å². The molecule has 0 amide bonds. The van der Waals surface area contributed by atoms with E-state index in [4.69, 9.17) is 14.2 Å². The van der Waals surface area contributed by atoms with Gasteiger partial charge in [-0.25, -0.2) is 14.4 Å². The van der Waals surface area contributed by atoms with E-state index < -0.39 is 17.9 Å². The van der Waals surface area contributed by atoms with Crippen LogP contribution in [0.2, 0.25) is 0 Å². The molecule has 0 bridgehead atoms. The first-order valence-corrected chi connectivity index (χ1v) is 10.1. The van der Waals surface area contributed by atoms with E-state index in [-0.39, 0.29) is 22.6 Å². The maximum atomic E-state index is 12.1. The maximum absolute atomic E-state index is 12.1. The Kier molecular flexibility index (Phi) is 6.73. The highest BCUT2D eigenvalue weighted by molar-refractivity contribution is 5.90. The molecule has 0 saturated heterocycles. The topological polar surface area (TPSA) is 78.9 Å². The van der Waals surface area contributed by atoms with Crippen molar-refractivity contribution in [3.63, 3.8) is 0 Å². The summed E-state index contributed by atoms with van der Waals surface area (Å²) in [5.41, 5.74) is 4.02. The van der Waals surface area contributed by atoms with Gasteiger partial charge in [-0.3, -0.25) is 0 Å². The molecule has 0 fully saturated rings. The van der Waals surface area contributed by atoms with Crippen LogP contribution in [0.15, 0.2) is 67.3 Å². The molecule has 6 heteroatoms. The Labute approximate surface area is 186 Å². The third-order valence-electron chi connectivity index (χ3n) is 4.93. The second-order valence-corrected chi connectivity index (χ2v) is 7.58. The Balaban J connectivity index is 2.08. The molecule has 0 saturated carbocycles. The lowest BCUT2D eigenvalue weighted by Gasteiger charge is -2.15. The van der Waals surface area contributed by atoms with Crippen molar-refractivity contribution in [1.29, 1.82) is 0 Å². The molecular weight excluding hydrogens is 408 g/mol. The highest BCUT2D eigenvalue weighted by atomic mass is 16.5. The standard InChI is InChI=1S/C26H24O6/c1-6-24(27)32-23-11-10-20(21-8-7-9-22(21)23)17-12-18(30-25(28)15(2)3)14-19(13-17)31-26(29)16(4)5/h6,10-14H,1-2,4,7-9H2,3,5H3. The highest BCUT2D eigenvalue weighted by Crippen LogP contribution is 2.40. The van der Waals surface area contributed by atoms with E-state index in [9.17, 15) is 14.4 Å². The van der Waals surface area contributed by atoms with Crippen LogP contribution in [0.4, 0.5) is 0 Å². The molecule has 1 aliphatic carbocycles. The summed E-state index contributed by atoms with van der Waals surface area (Å²) in [5, 5.41) is 0. The van der Waals surface area contributed by atoms with Crippen LogP contribution >= 0.6 is 0 Å². The lowest BCUT2D eigenvalue weighted by molar-refractivity contribution is -0.130. The van der Waals surface area contributed by atoms with Crippen LogP contribution in [0.25, 0.3) is 11.1 Å². The number of benzene rings is 2. The van der Waals surface area contributed by atoms with Crippen LogP contribution < -0.4 is 14.2 Å². The number of hydrogen-bond donors (Lipinski definition) is 0. The van der Waals surface area contributed by atoms with Crippen molar-refractivity contribution in [1.82, 2.24) is 0 Å². The first kappa shape index (κ1) is 22.7. The molecule has 0 radical (unpaired) electrons. The molecule has 6 nitrogen and oxygen atoms in total. The zero-order chi connectivity index (χ0) is 23.4. The molecule has 1 aliphatic rings. The van der Waals surface area contributed by atoms with Gasteiger partial charge in [-0.15, -0.1) is 0 Å². The second kappa shape index (κ2) is 9.47. The van der Waals surface area contributed by atoms with Gasteiger partial charge in [-0.05, 0) is 73.6 Å². The number of hydrogen-bond acceptors (Lipinski definition) is 6. The van der Waals surface area contributed by atoms with Gasteiger partial charge in [-0.2, -0.15) is 0 Å². The van der Waals surface area contributed by atoms with E-state index in [1.54, 1.807) is 32.0 Å². The molecule has 32 heavy (non-hydrogen) atoms. The summed E-state index contributed by atoms with van der Waals surface area (Å²) in [4.78, 5) is 35.8. The fourth-order valence-electron chi connectivity index (χ4n) is 3.42. The minimum atomic E-state index is -0.587. The predicted molar refractivity (Wildman–Crippen MR) is 121 cm³/mol. The van der Waals surface area contributed by atoms with Gasteiger partial charge in [0.1, 0.15) is 17.2 Å². The largest absolute Gasteiger partial charge is 0.423 e. The summed E-state index contributed by atoms with van der Waals surface area (Å²) in [6, 6.07) is 8.42. The Morgan fingerprint density at radius 3 is 1.94 bits per heavy atom. The van der Waals surface area contributed by atoms with Crippen molar-refractivity contribution in [2.75, 3.05) is 0 Å². The van der Waals surface area contributed by atoms with E-state index in [1.165, 1.54) is 6.07 Å². The average Bonchev–Trinajstić information content (AvgIpc) is 3.23. The fraction of sp³-hybridized carbons (Fsp3) is 0.192. The molecular formula is C26H24O6. The van der Waals surface area contributed by atoms with Crippen molar-refractivity contribution in [3.05, 3.63) is 78.4 Å². The van der Waals surface area contributed by atoms with Gasteiger partial charge < -0.3 is 14.2 Å². The maximum Gasteiger partial charge on any atom is 0.338 e. The Morgan fingerprint density at radius 2 is 1.41 bits per heavy atom. The number of esters is 3. The quantitative estimate of drug-likeness (QED) is 0.352. The average molecular weight is 432 g/mol. The van der Waals surface area contributed by atoms with Gasteiger partial charge in [0, 0.05) is 23.3 Å². The molecule has 0 heterocycles. The molecule has 164 valence electrons. The van der Waals surface area contributed by atoms with Crippen molar-refractivity contribution in [2.24, 2.45) is 0 Å². The van der Waals surface area contributed by atoms with Crippen molar-refractivity contribution in [2.45, 2.75) is 33.1 Å². The fourth-order valence-corrected chi connectivity index (χ4v) is 3.42. The number of fused-ring (bicyclic) bond motifs is 1. The molecule has 2 aromatic rings. The van der Waals surface area contributed by atoms with Crippen LogP contribution in [-0.2, 0) is 27.2 Å². The molecule has 0 N–H and O–H groups in total. The summed E-state index contributed by atoms with van der Waals surface area (Å²) < 4.78 is 16.2. The Morgan fingerprint density at radius 1 is 0.844 bits per heavy atom. The first-order valence-electron chi connectivity index (χ1n) is 10.1. The summed E-state index contributed by atoms with van der Waals surface area (Å²) in [5.74, 6) is -0.755. The van der Waals surface area contributed by atoms with Crippen LogP contribution in [0, 0.1) is 0 Å². The zero-order valence-electron chi connectivity index (χ0n) is 18.2. The lowest BCUT2D eigenvalue weighted by atomic mass is 9.96. The smallest absolute Gasteiger partial charge is 0.338 e. The molecule has 0 aliphatic heterocycles. The molecule has 0 aromatic heterocycles. The first-order chi connectivity index (χ1) is 15.2. The summed E-state index contributed by atoms with van der Waals surface area (Å²) in [6.07, 6.45) is 3.59. The predicted octanol–water partition coefficient (Wildman–Crippen LogP) is 4.90. The van der Waals surface area contributed by atoms with Gasteiger partial charge in [0.2, 0.25) is 0 Å². The molecule has 0 unspecified atom stereocenters. The van der Waals surface area contributed by atoms with Gasteiger partial charge in [0.25, 0.3) is 0 Å². The molecule has 0 spiro atoms. The van der Waals surface area contributed by atoms with Crippen molar-refractivity contribution >= 4 is 17.9 Å². The van der Waals surface area contributed by atoms with Gasteiger partial charge in [0.15, 0.2) is 0 Å². The second-order valence-electron chi connectivity index (χ2n) is 7.58. The Bertz CT molecular complexity index is 1110. The minimum Gasteiger partial charge on any atom is -0.423 e. The highest BCUT2D eigenvalue weighted by Gasteiger charge is 2.22. The number of carbonyl (C=O) groups excluding carboxylic acids is 3. The van der Waals surface area contributed by atoms with Crippen molar-refractivity contribution < 1.29 is 28.6 Å². The lowest BCUT2D eigenvalue weighted by Crippen LogP contribution is -2.10. The van der Waals surface area contributed by atoms with Crippen LogP contribution in [0.3, 0.4) is 0 Å². The van der Waals surface area contributed by atoms with E-state index in [1.807, 2.05) is 6.07 Å². The van der Waals surface area contributed by atoms with Gasteiger partial charge >= 0.3 is 17.9 Å². The van der Waals surface area contributed by atoms with E-state index in [0.29, 0.717) is 11.3 Å². The monoisotopic (exact) mass is 432 g/mol. The third kappa shape index (κ3) is 5.03. The van der Waals surface area contributed by atoms with Crippen LogP contribution in [0.1, 0.15) is 31.4 Å². The molecule has 2 aromatic carbocycles. The Hall–Kier alpha value is -3.93. The SMILES string of the molecule is C=CC(=O)Oc1ccc(-c2cc(OC(=O)C(=C)C)cc(OC(=O)C(=C)C)c2)c2c1CCC2. The van der Waals surface area contributed by atoms with E-state index >= 15 is 0 Å². The molecule has 3 rings (SSSR count). The van der Waals surface area contributed by atoms with E-state index in [2.05, 4.69) is 19.7 Å². The van der Waals surface area contributed by atoms with Crippen molar-refractivity contribution in [3.8, 4) is 28.4 Å². The van der Waals surface area contributed by atoms with Gasteiger partial charge in [-0.1, -0.05) is 25.8 Å².